The summed E-state index contributed by atoms with van der Waals surface area (Å²) < 4.78 is 12.2. The first-order chi connectivity index (χ1) is 14.3. The van der Waals surface area contributed by atoms with E-state index < -0.39 is 18.4 Å². The number of nitrogens with zero attached hydrogens (tertiary/aromatic N) is 1. The van der Waals surface area contributed by atoms with Crippen molar-refractivity contribution in [3.8, 4) is 11.5 Å². The second kappa shape index (κ2) is 9.82. The van der Waals surface area contributed by atoms with E-state index in [1.807, 2.05) is 12.1 Å². The Kier molecular flexibility index (Phi) is 7.41. The van der Waals surface area contributed by atoms with Crippen LogP contribution < -0.4 is 9.47 Å². The Balaban J connectivity index is 1.82. The molecular formula is C20H15BrClNO5S2. The zero-order valence-corrected chi connectivity index (χ0v) is 19.5. The molecule has 1 amide bonds. The third-order valence-electron chi connectivity index (χ3n) is 4.01. The summed E-state index contributed by atoms with van der Waals surface area (Å²) in [5, 5.41) is 9.59. The van der Waals surface area contributed by atoms with Gasteiger partial charge in [0.05, 0.1) is 16.5 Å². The van der Waals surface area contributed by atoms with Crippen molar-refractivity contribution in [2.75, 3.05) is 13.7 Å². The number of hydrogen-bond acceptors (Lipinski definition) is 6. The van der Waals surface area contributed by atoms with E-state index >= 15 is 0 Å². The number of benzene rings is 2. The lowest BCUT2D eigenvalue weighted by atomic mass is 10.1. The zero-order valence-electron chi connectivity index (χ0n) is 15.6. The minimum absolute atomic E-state index is 0.211. The van der Waals surface area contributed by atoms with Gasteiger partial charge in [-0.2, -0.15) is 0 Å². The third kappa shape index (κ3) is 5.34. The largest absolute Gasteiger partial charge is 0.493 e. The number of methoxy groups -OCH3 is 1. The van der Waals surface area contributed by atoms with E-state index in [-0.39, 0.29) is 4.32 Å². The van der Waals surface area contributed by atoms with Crippen LogP contribution in [0.1, 0.15) is 11.1 Å². The summed E-state index contributed by atoms with van der Waals surface area (Å²) in [6.07, 6.45) is 1.64. The maximum Gasteiger partial charge on any atom is 0.323 e. The van der Waals surface area contributed by atoms with Crippen LogP contribution in [0.4, 0.5) is 0 Å². The minimum atomic E-state index is -1.13. The molecule has 3 rings (SSSR count). The fraction of sp³-hybridized carbons (Fsp3) is 0.150. The number of amides is 1. The molecule has 0 bridgehead atoms. The monoisotopic (exact) mass is 527 g/mol. The molecule has 0 radical (unpaired) electrons. The molecule has 2 aromatic rings. The molecule has 30 heavy (non-hydrogen) atoms. The molecule has 10 heteroatoms. The third-order valence-corrected chi connectivity index (χ3v) is 6.23. The number of carbonyl (C=O) groups is 2. The lowest BCUT2D eigenvalue weighted by Crippen LogP contribution is -2.33. The number of halogens is 2. The number of ether oxygens (including phenoxy) is 2. The summed E-state index contributed by atoms with van der Waals surface area (Å²) in [7, 11) is 1.52. The van der Waals surface area contributed by atoms with Crippen molar-refractivity contribution in [1.82, 2.24) is 4.90 Å². The average Bonchev–Trinajstić information content (AvgIpc) is 2.95. The fourth-order valence-corrected chi connectivity index (χ4v) is 4.58. The number of hydrogen-bond donors (Lipinski definition) is 1. The van der Waals surface area contributed by atoms with Crippen LogP contribution in [0.15, 0.2) is 45.8 Å². The van der Waals surface area contributed by atoms with Crippen LogP contribution in [0.5, 0.6) is 11.5 Å². The normalized spacial score (nSPS) is 15.0. The average molecular weight is 529 g/mol. The second-order valence-corrected chi connectivity index (χ2v) is 9.08. The molecule has 1 fully saturated rings. The Morgan fingerprint density at radius 2 is 2.03 bits per heavy atom. The van der Waals surface area contributed by atoms with Crippen LogP contribution in [0.2, 0.25) is 5.02 Å². The summed E-state index contributed by atoms with van der Waals surface area (Å²) in [5.74, 6) is -0.571. The topological polar surface area (TPSA) is 76.1 Å². The number of rotatable bonds is 7. The van der Waals surface area contributed by atoms with E-state index in [2.05, 4.69) is 15.9 Å². The summed E-state index contributed by atoms with van der Waals surface area (Å²) in [4.78, 5) is 24.8. The van der Waals surface area contributed by atoms with Gasteiger partial charge in [0.2, 0.25) is 0 Å². The van der Waals surface area contributed by atoms with Gasteiger partial charge in [-0.05, 0) is 57.4 Å². The van der Waals surface area contributed by atoms with Gasteiger partial charge in [-0.25, -0.2) is 0 Å². The molecule has 0 saturated carbocycles. The van der Waals surface area contributed by atoms with Gasteiger partial charge in [0.15, 0.2) is 11.5 Å². The zero-order chi connectivity index (χ0) is 21.8. The Hall–Kier alpha value is -2.07. The molecule has 156 valence electrons. The van der Waals surface area contributed by atoms with Crippen molar-refractivity contribution in [2.24, 2.45) is 0 Å². The molecule has 1 N–H and O–H groups in total. The fourth-order valence-electron chi connectivity index (χ4n) is 2.62. The summed E-state index contributed by atoms with van der Waals surface area (Å²) in [5.41, 5.74) is 1.62. The Bertz CT molecular complexity index is 1040. The van der Waals surface area contributed by atoms with E-state index in [0.29, 0.717) is 38.1 Å². The summed E-state index contributed by atoms with van der Waals surface area (Å²) >= 11 is 15.6. The first kappa shape index (κ1) is 22.6. The Morgan fingerprint density at radius 3 is 2.67 bits per heavy atom. The summed E-state index contributed by atoms with van der Waals surface area (Å²) in [6, 6.07) is 10.8. The second-order valence-electron chi connectivity index (χ2n) is 6.11. The Labute approximate surface area is 195 Å². The molecule has 0 aliphatic carbocycles. The smallest absolute Gasteiger partial charge is 0.323 e. The lowest BCUT2D eigenvalue weighted by molar-refractivity contribution is -0.140. The first-order valence-electron chi connectivity index (χ1n) is 8.50. The molecule has 1 aliphatic heterocycles. The number of carboxylic acid groups (broad SMARTS) is 1. The van der Waals surface area contributed by atoms with Gasteiger partial charge >= 0.3 is 5.97 Å². The van der Waals surface area contributed by atoms with Crippen LogP contribution >= 0.6 is 51.5 Å². The highest BCUT2D eigenvalue weighted by molar-refractivity contribution is 9.10. The molecule has 0 aromatic heterocycles. The highest BCUT2D eigenvalue weighted by Crippen LogP contribution is 2.39. The quantitative estimate of drug-likeness (QED) is 0.401. The highest BCUT2D eigenvalue weighted by atomic mass is 79.9. The van der Waals surface area contributed by atoms with E-state index in [4.69, 9.17) is 38.4 Å². The predicted octanol–water partition coefficient (Wildman–Crippen LogP) is 4.98. The van der Waals surface area contributed by atoms with Crippen LogP contribution in [0.25, 0.3) is 6.08 Å². The molecule has 6 nitrogen and oxygen atoms in total. The van der Waals surface area contributed by atoms with E-state index in [1.54, 1.807) is 30.3 Å². The summed E-state index contributed by atoms with van der Waals surface area (Å²) in [6.45, 7) is -0.147. The van der Waals surface area contributed by atoms with Crippen molar-refractivity contribution in [3.05, 3.63) is 61.9 Å². The number of thioether (sulfide) groups is 1. The highest BCUT2D eigenvalue weighted by Gasteiger charge is 2.33. The molecule has 1 aliphatic rings. The minimum Gasteiger partial charge on any atom is -0.493 e. The van der Waals surface area contributed by atoms with E-state index in [0.717, 1.165) is 22.2 Å². The van der Waals surface area contributed by atoms with Gasteiger partial charge in [0.25, 0.3) is 5.91 Å². The van der Waals surface area contributed by atoms with Crippen molar-refractivity contribution in [1.29, 1.82) is 0 Å². The molecule has 0 atom stereocenters. The van der Waals surface area contributed by atoms with Crippen molar-refractivity contribution in [2.45, 2.75) is 6.61 Å². The number of aliphatic carboxylic acids is 1. The lowest BCUT2D eigenvalue weighted by Gasteiger charge is -2.14. The number of carbonyl (C=O) groups excluding carboxylic acids is 1. The van der Waals surface area contributed by atoms with Gasteiger partial charge in [0, 0.05) is 5.02 Å². The predicted molar refractivity (Wildman–Crippen MR) is 124 cm³/mol. The first-order valence-corrected chi connectivity index (χ1v) is 10.9. The number of thiocarbonyl (C=S) groups is 1. The molecule has 1 heterocycles. The van der Waals surface area contributed by atoms with Crippen LogP contribution in [-0.4, -0.2) is 39.9 Å². The van der Waals surface area contributed by atoms with E-state index in [1.165, 1.54) is 7.11 Å². The van der Waals surface area contributed by atoms with Gasteiger partial charge in [-0.1, -0.05) is 47.7 Å². The van der Waals surface area contributed by atoms with Gasteiger partial charge in [0.1, 0.15) is 17.5 Å². The Morgan fingerprint density at radius 1 is 1.33 bits per heavy atom. The molecule has 0 unspecified atom stereocenters. The standard InChI is InChI=1S/C20H15BrClNO5S2/c1-27-15-7-12(8-16-19(26)23(9-17(24)25)20(29)30-16)6-14(21)18(15)28-10-11-2-4-13(22)5-3-11/h2-8H,9-10H2,1H3,(H,24,25)/b16-8-. The molecule has 0 spiro atoms. The van der Waals surface area contributed by atoms with Crippen molar-refractivity contribution < 1.29 is 24.2 Å². The van der Waals surface area contributed by atoms with Crippen LogP contribution in [-0.2, 0) is 16.2 Å². The van der Waals surface area contributed by atoms with Crippen LogP contribution in [0, 0.1) is 0 Å². The van der Waals surface area contributed by atoms with Crippen molar-refractivity contribution >= 4 is 73.8 Å². The van der Waals surface area contributed by atoms with Crippen LogP contribution in [0.3, 0.4) is 0 Å². The SMILES string of the molecule is COc1cc(/C=C2\SC(=S)N(CC(=O)O)C2=O)cc(Br)c1OCc1ccc(Cl)cc1. The molecule has 1 saturated heterocycles. The maximum absolute atomic E-state index is 12.5. The number of carboxylic acids is 1. The van der Waals surface area contributed by atoms with Crippen molar-refractivity contribution in [3.63, 3.8) is 0 Å². The molecular weight excluding hydrogens is 514 g/mol. The van der Waals surface area contributed by atoms with Gasteiger partial charge in [-0.15, -0.1) is 0 Å². The van der Waals surface area contributed by atoms with Gasteiger partial charge in [-0.3, -0.25) is 14.5 Å². The van der Waals surface area contributed by atoms with E-state index in [9.17, 15) is 9.59 Å². The maximum atomic E-state index is 12.5. The van der Waals surface area contributed by atoms with Gasteiger partial charge < -0.3 is 14.6 Å². The molecule has 2 aromatic carbocycles.